The number of nitrogen functional groups attached to an aromatic ring is 1. The molecule has 0 amide bonds. The van der Waals surface area contributed by atoms with Crippen molar-refractivity contribution in [1.29, 1.82) is 0 Å². The van der Waals surface area contributed by atoms with Crippen molar-refractivity contribution in [2.75, 3.05) is 11.1 Å². The summed E-state index contributed by atoms with van der Waals surface area (Å²) in [6.45, 7) is 17.0. The number of rotatable bonds is 9. The number of nitrogens with one attached hydrogen (secondary N) is 1. The van der Waals surface area contributed by atoms with E-state index < -0.39 is 4.92 Å². The normalized spacial score (nSPS) is 9.84. The fourth-order valence-corrected chi connectivity index (χ4v) is 5.21. The van der Waals surface area contributed by atoms with E-state index in [4.69, 9.17) is 15.8 Å². The molecule has 4 rings (SSSR count). The maximum Gasteiger partial charge on any atom is 1.00 e. The molecule has 14 heteroatoms. The Morgan fingerprint density at radius 1 is 0.667 bits per heavy atom. The number of nitrogens with zero attached hydrogens (tertiary/aromatic N) is 2. The molecule has 0 bridgehead atoms. The summed E-state index contributed by atoms with van der Waals surface area (Å²) in [5.41, 5.74) is 13.7. The minimum Gasteiger partial charge on any atom is -1.00 e. The Morgan fingerprint density at radius 3 is 1.35 bits per heavy atom. The number of hydrogen-bond acceptors (Lipinski definition) is 9. The molecule has 51 heavy (non-hydrogen) atoms. The third-order valence-electron chi connectivity index (χ3n) is 7.24. The Bertz CT molecular complexity index is 1630. The third kappa shape index (κ3) is 18.0. The molecule has 0 aromatic heterocycles. The van der Waals surface area contributed by atoms with Crippen molar-refractivity contribution in [3.05, 3.63) is 132 Å². The number of carbonyl (C=O) groups is 1. The zero-order valence-electron chi connectivity index (χ0n) is 32.2. The molecule has 0 aliphatic carbocycles. The average molecular weight is 1010 g/mol. The van der Waals surface area contributed by atoms with Crippen LogP contribution in [-0.4, -0.2) is 16.3 Å². The number of nitro benzene ring substituents is 2. The summed E-state index contributed by atoms with van der Waals surface area (Å²) >= 11 is 3.06. The standard InChI is InChI=1S/C18H22N2O2.C12H19N.C6H4BrNO2.CH2O3.2Cs.H/c1-12(2)14-8-7-9-15(13(3)4)18(14)19-16-10-5-6-11-17(16)20(21)22;1-8(2)10-6-5-7-11(9(3)4)12(10)13;7-5-3-1-2-4-6(5)8(9)10;2-1-4-3;;;/h5-13,19H,1-4H3;5-9H,13H2,1-4H3;1-4H;1,3H;;;/q;;;;2*+1;-1/p-1. The van der Waals surface area contributed by atoms with Crippen LogP contribution in [-0.2, 0) is 9.68 Å². The van der Waals surface area contributed by atoms with E-state index >= 15 is 0 Å². The van der Waals surface area contributed by atoms with Gasteiger partial charge in [0, 0.05) is 23.5 Å². The molecule has 0 fully saturated rings. The summed E-state index contributed by atoms with van der Waals surface area (Å²) in [6, 6.07) is 25.7. The number of anilines is 3. The van der Waals surface area contributed by atoms with Crippen molar-refractivity contribution in [3.63, 3.8) is 0 Å². The van der Waals surface area contributed by atoms with E-state index in [0.29, 0.717) is 33.8 Å². The van der Waals surface area contributed by atoms with Gasteiger partial charge in [-0.3, -0.25) is 25.0 Å². The molecule has 0 saturated carbocycles. The number of carbonyl (C=O) groups excluding carboxylic acids is 1. The zero-order chi connectivity index (χ0) is 37.3. The van der Waals surface area contributed by atoms with Crippen molar-refractivity contribution >= 4 is 50.8 Å². The monoisotopic (exact) mass is 1000 g/mol. The van der Waals surface area contributed by atoms with Gasteiger partial charge in [0.15, 0.2) is 0 Å². The van der Waals surface area contributed by atoms with E-state index in [1.165, 1.54) is 34.4 Å². The van der Waals surface area contributed by atoms with Crippen molar-refractivity contribution in [3.8, 4) is 0 Å². The smallest absolute Gasteiger partial charge is 1.00 e. The first-order valence-electron chi connectivity index (χ1n) is 15.7. The van der Waals surface area contributed by atoms with Crippen LogP contribution in [0.5, 0.6) is 0 Å². The maximum atomic E-state index is 11.2. The fourth-order valence-electron chi connectivity index (χ4n) is 4.78. The van der Waals surface area contributed by atoms with Gasteiger partial charge in [0.2, 0.25) is 0 Å². The molecule has 0 aliphatic heterocycles. The van der Waals surface area contributed by atoms with Gasteiger partial charge >= 0.3 is 138 Å². The quantitative estimate of drug-likeness (QED) is 0.0827. The zero-order valence-corrected chi connectivity index (χ0v) is 45.3. The first-order valence-corrected chi connectivity index (χ1v) is 16.5. The summed E-state index contributed by atoms with van der Waals surface area (Å²) in [5.74, 6) is 1.70. The fraction of sp³-hybridized carbons (Fsp3) is 0.324. The van der Waals surface area contributed by atoms with Crippen molar-refractivity contribution < 1.29 is 164 Å². The van der Waals surface area contributed by atoms with Crippen LogP contribution in [0, 0.1) is 20.2 Å². The van der Waals surface area contributed by atoms with Gasteiger partial charge in [-0.15, -0.1) is 0 Å². The Kier molecular flexibility index (Phi) is 28.6. The average Bonchev–Trinajstić information content (AvgIpc) is 3.05. The minimum absolute atomic E-state index is 0. The van der Waals surface area contributed by atoms with Gasteiger partial charge < -0.3 is 22.6 Å². The van der Waals surface area contributed by atoms with Crippen molar-refractivity contribution in [2.24, 2.45) is 0 Å². The molecule has 0 radical (unpaired) electrons. The molecule has 0 saturated heterocycles. The minimum atomic E-state index is -0.427. The SMILES string of the molecule is CC(C)c1cccc(C(C)C)c1N.CC(C)c1cccc(C(C)C)c1Nc1ccccc1[N+](=O)[O-].O=CO[O-].O=[N+]([O-])c1ccccc1Br.[Cs+].[Cs+].[H-]. The van der Waals surface area contributed by atoms with E-state index in [-0.39, 0.29) is 162 Å². The van der Waals surface area contributed by atoms with Gasteiger partial charge in [0.1, 0.15) is 5.69 Å². The number of hydrogen-bond donors (Lipinski definition) is 2. The molecule has 4 aromatic rings. The van der Waals surface area contributed by atoms with Crippen molar-refractivity contribution in [2.45, 2.75) is 79.1 Å². The van der Waals surface area contributed by atoms with Crippen LogP contribution in [0.25, 0.3) is 0 Å². The number of para-hydroxylation sites is 5. The Balaban J connectivity index is -0.000000686. The van der Waals surface area contributed by atoms with Crippen LogP contribution in [0.15, 0.2) is 89.4 Å². The van der Waals surface area contributed by atoms with Crippen LogP contribution in [0.3, 0.4) is 0 Å². The summed E-state index contributed by atoms with van der Waals surface area (Å²) in [5, 5.41) is 33.2. The molecule has 0 heterocycles. The van der Waals surface area contributed by atoms with Gasteiger partial charge in [-0.1, -0.05) is 116 Å². The molecule has 266 valence electrons. The van der Waals surface area contributed by atoms with E-state index in [1.807, 2.05) is 6.07 Å². The molecule has 4 aromatic carbocycles. The van der Waals surface area contributed by atoms with Gasteiger partial charge in [-0.05, 0) is 74.0 Å². The second-order valence-corrected chi connectivity index (χ2v) is 12.9. The van der Waals surface area contributed by atoms with Crippen LogP contribution >= 0.6 is 15.9 Å². The molecule has 3 N–H and O–H groups in total. The Labute approximate surface area is 429 Å². The summed E-state index contributed by atoms with van der Waals surface area (Å²) in [7, 11) is 0. The maximum absolute atomic E-state index is 11.2. The van der Waals surface area contributed by atoms with Crippen LogP contribution in [0.4, 0.5) is 28.4 Å². The Morgan fingerprint density at radius 2 is 1.02 bits per heavy atom. The van der Waals surface area contributed by atoms with Crippen molar-refractivity contribution in [1.82, 2.24) is 0 Å². The first kappa shape index (κ1) is 52.4. The molecule has 11 nitrogen and oxygen atoms in total. The van der Waals surface area contributed by atoms with Crippen LogP contribution in [0.2, 0.25) is 0 Å². The molecule has 0 aliphatic rings. The largest absolute Gasteiger partial charge is 1.00 e. The van der Waals surface area contributed by atoms with E-state index in [2.05, 4.69) is 118 Å². The van der Waals surface area contributed by atoms with Crippen LogP contribution < -0.4 is 154 Å². The molecular weight excluding hydrogens is 958 g/mol. The summed E-state index contributed by atoms with van der Waals surface area (Å²) < 4.78 is 0.514. The number of nitrogens with two attached hydrogens (primary N) is 1. The number of halogens is 1. The van der Waals surface area contributed by atoms with Gasteiger partial charge in [-0.2, -0.15) is 0 Å². The molecular formula is C37H47BrCs2N4O7. The predicted octanol–water partition coefficient (Wildman–Crippen LogP) is 4.01. The van der Waals surface area contributed by atoms with Gasteiger partial charge in [0.05, 0.1) is 14.3 Å². The van der Waals surface area contributed by atoms with Gasteiger partial charge in [-0.25, -0.2) is 0 Å². The Hall–Kier alpha value is -0.706. The molecule has 0 unspecified atom stereocenters. The van der Waals surface area contributed by atoms with Gasteiger partial charge in [0.25, 0.3) is 17.8 Å². The first-order chi connectivity index (χ1) is 23.1. The molecule has 0 spiro atoms. The predicted molar refractivity (Wildman–Crippen MR) is 199 cm³/mol. The van der Waals surface area contributed by atoms with E-state index in [0.717, 1.165) is 11.4 Å². The van der Waals surface area contributed by atoms with Crippen LogP contribution in [0.1, 0.15) is 103 Å². The number of nitro groups is 2. The summed E-state index contributed by atoms with van der Waals surface area (Å²) in [6.07, 6.45) is 0. The topological polar surface area (TPSA) is 174 Å². The third-order valence-corrected chi connectivity index (χ3v) is 7.91. The van der Waals surface area contributed by atoms with E-state index in [9.17, 15) is 20.2 Å². The second kappa shape index (κ2) is 27.8. The second-order valence-electron chi connectivity index (χ2n) is 12.1. The molecule has 0 atom stereocenters. The summed E-state index contributed by atoms with van der Waals surface area (Å²) in [4.78, 5) is 31.9. The number of benzene rings is 4. The van der Waals surface area contributed by atoms with E-state index in [1.54, 1.807) is 30.3 Å².